The molecule has 2 aromatic rings. The van der Waals surface area contributed by atoms with Crippen LogP contribution in [0.2, 0.25) is 0 Å². The largest absolute Gasteiger partial charge is 0.335 e. The molecule has 1 aromatic heterocycles. The van der Waals surface area contributed by atoms with Crippen LogP contribution in [0.15, 0.2) is 42.9 Å². The summed E-state index contributed by atoms with van der Waals surface area (Å²) in [5, 5.41) is 0. The van der Waals surface area contributed by atoms with Crippen molar-refractivity contribution in [3.63, 3.8) is 0 Å². The third kappa shape index (κ3) is 3.18. The van der Waals surface area contributed by atoms with Crippen LogP contribution in [-0.4, -0.2) is 50.8 Å². The Labute approximate surface area is 141 Å². The summed E-state index contributed by atoms with van der Waals surface area (Å²) in [6.07, 6.45) is 4.04. The van der Waals surface area contributed by atoms with Crippen molar-refractivity contribution in [2.45, 2.75) is 32.5 Å². The van der Waals surface area contributed by atoms with Gasteiger partial charge in [0.05, 0.1) is 25.1 Å². The molecule has 2 heterocycles. The van der Waals surface area contributed by atoms with Crippen LogP contribution >= 0.6 is 0 Å². The third-order valence-corrected chi connectivity index (χ3v) is 4.47. The average Bonchev–Trinajstić information content (AvgIpc) is 3.04. The number of aromatic nitrogens is 2. The summed E-state index contributed by atoms with van der Waals surface area (Å²) in [5.41, 5.74) is 1.99. The van der Waals surface area contributed by atoms with E-state index in [1.807, 2.05) is 41.8 Å². The molecule has 1 aliphatic rings. The van der Waals surface area contributed by atoms with Gasteiger partial charge < -0.3 is 14.4 Å². The highest BCUT2D eigenvalue weighted by atomic mass is 16.2. The molecule has 2 amide bonds. The number of benzene rings is 1. The Morgan fingerprint density at radius 1 is 1.21 bits per heavy atom. The van der Waals surface area contributed by atoms with Gasteiger partial charge in [-0.05, 0) is 12.5 Å². The maximum atomic E-state index is 12.7. The van der Waals surface area contributed by atoms with Gasteiger partial charge in [-0.15, -0.1) is 0 Å². The van der Waals surface area contributed by atoms with Gasteiger partial charge in [-0.1, -0.05) is 30.3 Å². The Kier molecular flexibility index (Phi) is 4.64. The number of carbonyl (C=O) groups is 2. The van der Waals surface area contributed by atoms with Gasteiger partial charge in [-0.3, -0.25) is 9.59 Å². The number of hydrogen-bond acceptors (Lipinski definition) is 3. The lowest BCUT2D eigenvalue weighted by atomic mass is 10.0. The van der Waals surface area contributed by atoms with Crippen molar-refractivity contribution in [2.24, 2.45) is 0 Å². The van der Waals surface area contributed by atoms with Gasteiger partial charge in [0.2, 0.25) is 11.8 Å². The molecule has 0 aliphatic carbocycles. The predicted molar refractivity (Wildman–Crippen MR) is 90.0 cm³/mol. The van der Waals surface area contributed by atoms with E-state index >= 15 is 0 Å². The Balaban J connectivity index is 1.87. The lowest BCUT2D eigenvalue weighted by molar-refractivity contribution is -0.155. The Morgan fingerprint density at radius 2 is 1.96 bits per heavy atom. The Morgan fingerprint density at radius 3 is 2.67 bits per heavy atom. The SMILES string of the molecule is CCn1cncc1CN1C(=O)CN(C)C(=O)[C@@H]1Cc1ccccc1. The molecule has 0 spiro atoms. The number of rotatable bonds is 5. The van der Waals surface area contributed by atoms with Crippen LogP contribution in [0.25, 0.3) is 0 Å². The zero-order chi connectivity index (χ0) is 17.1. The molecule has 0 N–H and O–H groups in total. The van der Waals surface area contributed by atoms with Gasteiger partial charge in [-0.2, -0.15) is 0 Å². The van der Waals surface area contributed by atoms with E-state index in [4.69, 9.17) is 0 Å². The first kappa shape index (κ1) is 16.2. The summed E-state index contributed by atoms with van der Waals surface area (Å²) in [4.78, 5) is 32.6. The second-order valence-corrected chi connectivity index (χ2v) is 6.09. The van der Waals surface area contributed by atoms with Gasteiger partial charge >= 0.3 is 0 Å². The molecule has 6 heteroatoms. The van der Waals surface area contributed by atoms with E-state index < -0.39 is 6.04 Å². The molecular formula is C18H22N4O2. The van der Waals surface area contributed by atoms with Crippen LogP contribution in [0.4, 0.5) is 0 Å². The fourth-order valence-corrected chi connectivity index (χ4v) is 3.11. The number of imidazole rings is 1. The molecule has 126 valence electrons. The minimum absolute atomic E-state index is 0.0129. The van der Waals surface area contributed by atoms with Crippen molar-refractivity contribution in [2.75, 3.05) is 13.6 Å². The zero-order valence-corrected chi connectivity index (χ0v) is 14.1. The topological polar surface area (TPSA) is 58.4 Å². The normalized spacial score (nSPS) is 18.3. The van der Waals surface area contributed by atoms with Crippen LogP contribution in [0.1, 0.15) is 18.2 Å². The third-order valence-electron chi connectivity index (χ3n) is 4.47. The van der Waals surface area contributed by atoms with Crippen LogP contribution in [0, 0.1) is 0 Å². The average molecular weight is 326 g/mol. The number of piperazine rings is 1. The smallest absolute Gasteiger partial charge is 0.245 e. The highest BCUT2D eigenvalue weighted by Crippen LogP contribution is 2.19. The van der Waals surface area contributed by atoms with Crippen molar-refractivity contribution in [3.05, 3.63) is 54.1 Å². The van der Waals surface area contributed by atoms with E-state index in [9.17, 15) is 9.59 Å². The first-order valence-corrected chi connectivity index (χ1v) is 8.17. The summed E-state index contributed by atoms with van der Waals surface area (Å²) in [5.74, 6) is -0.0390. The van der Waals surface area contributed by atoms with E-state index in [1.165, 1.54) is 4.90 Å². The van der Waals surface area contributed by atoms with E-state index in [0.717, 1.165) is 17.8 Å². The van der Waals surface area contributed by atoms with Crippen molar-refractivity contribution in [1.29, 1.82) is 0 Å². The van der Waals surface area contributed by atoms with Crippen molar-refractivity contribution in [1.82, 2.24) is 19.4 Å². The summed E-state index contributed by atoms with van der Waals surface area (Å²) in [6.45, 7) is 3.35. The number of nitrogens with zero attached hydrogens (tertiary/aromatic N) is 4. The van der Waals surface area contributed by atoms with E-state index in [-0.39, 0.29) is 18.4 Å². The zero-order valence-electron chi connectivity index (χ0n) is 14.1. The quantitative estimate of drug-likeness (QED) is 0.832. The van der Waals surface area contributed by atoms with Crippen molar-refractivity contribution in [3.8, 4) is 0 Å². The first-order chi connectivity index (χ1) is 11.6. The number of aryl methyl sites for hydroxylation is 1. The molecule has 6 nitrogen and oxygen atoms in total. The van der Waals surface area contributed by atoms with Gasteiger partial charge in [-0.25, -0.2) is 4.98 Å². The molecular weight excluding hydrogens is 304 g/mol. The van der Waals surface area contributed by atoms with Crippen LogP contribution in [0.3, 0.4) is 0 Å². The van der Waals surface area contributed by atoms with E-state index in [1.54, 1.807) is 24.5 Å². The number of carbonyl (C=O) groups excluding carboxylic acids is 2. The lowest BCUT2D eigenvalue weighted by Gasteiger charge is -2.39. The molecule has 3 rings (SSSR count). The van der Waals surface area contributed by atoms with Gasteiger partial charge in [0.25, 0.3) is 0 Å². The monoisotopic (exact) mass is 326 g/mol. The molecule has 1 aromatic carbocycles. The number of amides is 2. The highest BCUT2D eigenvalue weighted by Gasteiger charge is 2.38. The summed E-state index contributed by atoms with van der Waals surface area (Å²) in [7, 11) is 1.69. The van der Waals surface area contributed by atoms with E-state index in [2.05, 4.69) is 4.98 Å². The minimum Gasteiger partial charge on any atom is -0.335 e. The van der Waals surface area contributed by atoms with Crippen molar-refractivity contribution >= 4 is 11.8 Å². The van der Waals surface area contributed by atoms with Gasteiger partial charge in [0.15, 0.2) is 0 Å². The molecule has 1 saturated heterocycles. The molecule has 1 aliphatic heterocycles. The summed E-state index contributed by atoms with van der Waals surface area (Å²) >= 11 is 0. The highest BCUT2D eigenvalue weighted by molar-refractivity contribution is 5.94. The Bertz CT molecular complexity index is 726. The molecule has 24 heavy (non-hydrogen) atoms. The van der Waals surface area contributed by atoms with Crippen LogP contribution in [-0.2, 0) is 29.1 Å². The minimum atomic E-state index is -0.473. The first-order valence-electron chi connectivity index (χ1n) is 8.17. The second kappa shape index (κ2) is 6.86. The molecule has 1 atom stereocenters. The maximum Gasteiger partial charge on any atom is 0.245 e. The number of hydrogen-bond donors (Lipinski definition) is 0. The second-order valence-electron chi connectivity index (χ2n) is 6.09. The molecule has 0 radical (unpaired) electrons. The fraction of sp³-hybridized carbons (Fsp3) is 0.389. The summed E-state index contributed by atoms with van der Waals surface area (Å²) < 4.78 is 2.00. The molecule has 0 unspecified atom stereocenters. The molecule has 0 bridgehead atoms. The summed E-state index contributed by atoms with van der Waals surface area (Å²) in [6, 6.07) is 9.34. The van der Waals surface area contributed by atoms with E-state index in [0.29, 0.717) is 13.0 Å². The fourth-order valence-electron chi connectivity index (χ4n) is 3.11. The molecule has 0 saturated carbocycles. The number of likely N-dealkylation sites (N-methyl/N-ethyl adjacent to an activating group) is 1. The van der Waals surface area contributed by atoms with Crippen LogP contribution < -0.4 is 0 Å². The predicted octanol–water partition coefficient (Wildman–Crippen LogP) is 1.31. The standard InChI is InChI=1S/C18H22N4O2/c1-3-21-13-19-10-15(21)11-22-16(9-14-7-5-4-6-8-14)18(24)20(2)12-17(22)23/h4-8,10,13,16H,3,9,11-12H2,1-2H3/t16-/m0/s1. The Hall–Kier alpha value is -2.63. The van der Waals surface area contributed by atoms with Crippen LogP contribution in [0.5, 0.6) is 0 Å². The van der Waals surface area contributed by atoms with Crippen molar-refractivity contribution < 1.29 is 9.59 Å². The molecule has 1 fully saturated rings. The maximum absolute atomic E-state index is 12.7. The lowest BCUT2D eigenvalue weighted by Crippen LogP contribution is -2.59. The van der Waals surface area contributed by atoms with Gasteiger partial charge in [0, 0.05) is 26.2 Å². The van der Waals surface area contributed by atoms with Gasteiger partial charge in [0.1, 0.15) is 6.04 Å².